The molecule has 0 saturated heterocycles. The summed E-state index contributed by atoms with van der Waals surface area (Å²) in [5.41, 5.74) is 2.34. The van der Waals surface area contributed by atoms with Crippen LogP contribution in [-0.2, 0) is 4.74 Å². The maximum atomic E-state index is 12.2. The lowest BCUT2D eigenvalue weighted by molar-refractivity contribution is 0.146. The molecule has 0 aliphatic rings. The van der Waals surface area contributed by atoms with Crippen molar-refractivity contribution in [2.24, 2.45) is 0 Å². The molecule has 0 aliphatic carbocycles. The van der Waals surface area contributed by atoms with Crippen LogP contribution in [0.3, 0.4) is 0 Å². The van der Waals surface area contributed by atoms with Gasteiger partial charge in [0.2, 0.25) is 0 Å². The number of benzene rings is 3. The normalized spacial score (nSPS) is 10.4. The molecule has 3 aromatic carbocycles. The minimum absolute atomic E-state index is 0.330. The van der Waals surface area contributed by atoms with Gasteiger partial charge in [-0.3, -0.25) is 4.98 Å². The molecular formula is C26H22N4O4. The molecule has 0 bridgehead atoms. The molecule has 0 unspecified atom stereocenters. The molecule has 0 aliphatic heterocycles. The second kappa shape index (κ2) is 10.8. The highest BCUT2D eigenvalue weighted by Crippen LogP contribution is 2.33. The van der Waals surface area contributed by atoms with Crippen molar-refractivity contribution in [3.8, 4) is 23.3 Å². The van der Waals surface area contributed by atoms with Gasteiger partial charge in [0.25, 0.3) is 0 Å². The lowest BCUT2D eigenvalue weighted by atomic mass is 10.1. The van der Waals surface area contributed by atoms with Crippen molar-refractivity contribution >= 4 is 28.3 Å². The summed E-state index contributed by atoms with van der Waals surface area (Å²) in [6.45, 7) is 0.745. The summed E-state index contributed by atoms with van der Waals surface area (Å²) in [6, 6.07) is 23.1. The summed E-state index contributed by atoms with van der Waals surface area (Å²) in [6.07, 6.45) is 1.63. The fourth-order valence-corrected chi connectivity index (χ4v) is 3.23. The van der Waals surface area contributed by atoms with E-state index in [9.17, 15) is 10.1 Å². The van der Waals surface area contributed by atoms with E-state index < -0.39 is 0 Å². The van der Waals surface area contributed by atoms with Crippen molar-refractivity contribution in [3.63, 3.8) is 0 Å². The molecule has 4 rings (SSSR count). The number of nitrogens with one attached hydrogen (secondary N) is 2. The zero-order valence-electron chi connectivity index (χ0n) is 18.4. The smallest absolute Gasteiger partial charge is 0.323 e. The third kappa shape index (κ3) is 5.59. The van der Waals surface area contributed by atoms with Gasteiger partial charge < -0.3 is 24.8 Å². The number of urea groups is 1. The first-order valence-electron chi connectivity index (χ1n) is 10.5. The van der Waals surface area contributed by atoms with Crippen LogP contribution in [-0.4, -0.2) is 31.3 Å². The summed E-state index contributed by atoms with van der Waals surface area (Å²) < 4.78 is 16.7. The number of nitriles is 1. The maximum Gasteiger partial charge on any atom is 0.323 e. The molecule has 34 heavy (non-hydrogen) atoms. The number of para-hydroxylation sites is 1. The Balaban J connectivity index is 1.47. The van der Waals surface area contributed by atoms with Gasteiger partial charge in [-0.1, -0.05) is 18.2 Å². The Bertz CT molecular complexity index is 1320. The number of amides is 2. The van der Waals surface area contributed by atoms with Crippen LogP contribution in [0.15, 0.2) is 79.0 Å². The van der Waals surface area contributed by atoms with E-state index in [1.54, 1.807) is 55.8 Å². The van der Waals surface area contributed by atoms with Gasteiger partial charge in [-0.15, -0.1) is 0 Å². The summed E-state index contributed by atoms with van der Waals surface area (Å²) in [5.74, 6) is 1.56. The van der Waals surface area contributed by atoms with Crippen LogP contribution in [0.25, 0.3) is 10.9 Å². The molecule has 2 amide bonds. The van der Waals surface area contributed by atoms with Crippen LogP contribution in [0.5, 0.6) is 17.2 Å². The summed E-state index contributed by atoms with van der Waals surface area (Å²) in [7, 11) is 1.59. The number of nitrogens with zero attached hydrogens (tertiary/aromatic N) is 2. The van der Waals surface area contributed by atoms with Gasteiger partial charge >= 0.3 is 6.03 Å². The molecule has 2 N–H and O–H groups in total. The molecule has 0 saturated carbocycles. The fourth-order valence-electron chi connectivity index (χ4n) is 3.23. The number of ether oxygens (including phenoxy) is 3. The zero-order chi connectivity index (χ0) is 23.8. The highest BCUT2D eigenvalue weighted by atomic mass is 16.5. The molecule has 1 aromatic heterocycles. The Morgan fingerprint density at radius 1 is 0.941 bits per heavy atom. The van der Waals surface area contributed by atoms with E-state index in [0.29, 0.717) is 58.3 Å². The van der Waals surface area contributed by atoms with Crippen molar-refractivity contribution in [1.29, 1.82) is 5.26 Å². The van der Waals surface area contributed by atoms with Crippen molar-refractivity contribution in [1.82, 2.24) is 4.98 Å². The van der Waals surface area contributed by atoms with Gasteiger partial charge in [-0.25, -0.2) is 4.79 Å². The Morgan fingerprint density at radius 3 is 2.38 bits per heavy atom. The lowest BCUT2D eigenvalue weighted by Crippen LogP contribution is -2.19. The van der Waals surface area contributed by atoms with Crippen molar-refractivity contribution in [3.05, 3.63) is 84.6 Å². The Labute approximate surface area is 196 Å². The molecule has 170 valence electrons. The number of rotatable bonds is 8. The fraction of sp³-hybridized carbons (Fsp3) is 0.115. The predicted molar refractivity (Wildman–Crippen MR) is 129 cm³/mol. The van der Waals surface area contributed by atoms with Gasteiger partial charge in [0.1, 0.15) is 29.9 Å². The quantitative estimate of drug-likeness (QED) is 0.337. The van der Waals surface area contributed by atoms with Gasteiger partial charge in [-0.05, 0) is 48.5 Å². The van der Waals surface area contributed by atoms with E-state index in [2.05, 4.69) is 21.7 Å². The number of carbonyl (C=O) groups excluding carboxylic acids is 1. The average Bonchev–Trinajstić information content (AvgIpc) is 2.85. The highest BCUT2D eigenvalue weighted by molar-refractivity contribution is 5.99. The van der Waals surface area contributed by atoms with E-state index in [1.807, 2.05) is 30.3 Å². The van der Waals surface area contributed by atoms with Crippen LogP contribution in [0.2, 0.25) is 0 Å². The second-order valence-corrected chi connectivity index (χ2v) is 7.20. The van der Waals surface area contributed by atoms with E-state index in [0.717, 1.165) is 0 Å². The molecule has 4 aromatic rings. The van der Waals surface area contributed by atoms with E-state index in [4.69, 9.17) is 14.2 Å². The third-order valence-electron chi connectivity index (χ3n) is 4.84. The number of anilines is 2. The standard InChI is InChI=1S/C26H22N4O4/c1-32-13-14-33-25-16-23-22(15-18(25)17-27)24(11-12-28-23)34-21-9-7-20(8-10-21)30-26(31)29-19-5-3-2-4-6-19/h2-12,15-16H,13-14H2,1H3,(H2,29,30,31). The Hall–Kier alpha value is -4.61. The first kappa shape index (κ1) is 22.6. The monoisotopic (exact) mass is 454 g/mol. The van der Waals surface area contributed by atoms with Gasteiger partial charge in [-0.2, -0.15) is 5.26 Å². The minimum atomic E-state index is -0.340. The molecule has 0 fully saturated rings. The average molecular weight is 454 g/mol. The van der Waals surface area contributed by atoms with Gasteiger partial charge in [0, 0.05) is 36.1 Å². The Morgan fingerprint density at radius 2 is 1.68 bits per heavy atom. The van der Waals surface area contributed by atoms with Crippen molar-refractivity contribution in [2.75, 3.05) is 31.0 Å². The molecule has 8 heteroatoms. The first-order chi connectivity index (χ1) is 16.7. The second-order valence-electron chi connectivity index (χ2n) is 7.20. The van der Waals surface area contributed by atoms with Gasteiger partial charge in [0.05, 0.1) is 17.7 Å². The van der Waals surface area contributed by atoms with E-state index >= 15 is 0 Å². The molecule has 8 nitrogen and oxygen atoms in total. The van der Waals surface area contributed by atoms with Crippen molar-refractivity contribution < 1.29 is 19.0 Å². The number of fused-ring (bicyclic) bond motifs is 1. The van der Waals surface area contributed by atoms with Crippen LogP contribution in [0.4, 0.5) is 16.2 Å². The minimum Gasteiger partial charge on any atom is -0.490 e. The highest BCUT2D eigenvalue weighted by Gasteiger charge is 2.12. The van der Waals surface area contributed by atoms with E-state index in [1.165, 1.54) is 0 Å². The van der Waals surface area contributed by atoms with Crippen LogP contribution >= 0.6 is 0 Å². The molecule has 1 heterocycles. The number of hydrogen-bond donors (Lipinski definition) is 2. The number of pyridine rings is 1. The summed E-state index contributed by atoms with van der Waals surface area (Å²) in [4.78, 5) is 16.5. The molecular weight excluding hydrogens is 432 g/mol. The summed E-state index contributed by atoms with van der Waals surface area (Å²) in [5, 5.41) is 15.8. The predicted octanol–water partition coefficient (Wildman–Crippen LogP) is 5.57. The number of hydrogen-bond acceptors (Lipinski definition) is 6. The molecule has 0 radical (unpaired) electrons. The first-order valence-corrected chi connectivity index (χ1v) is 10.5. The van der Waals surface area contributed by atoms with Crippen molar-refractivity contribution in [2.45, 2.75) is 0 Å². The van der Waals surface area contributed by atoms with Crippen LogP contribution in [0.1, 0.15) is 5.56 Å². The maximum absolute atomic E-state index is 12.2. The molecule has 0 atom stereocenters. The third-order valence-corrected chi connectivity index (χ3v) is 4.84. The van der Waals surface area contributed by atoms with E-state index in [-0.39, 0.29) is 6.03 Å². The molecule has 0 spiro atoms. The number of methoxy groups -OCH3 is 1. The topological polar surface area (TPSA) is 106 Å². The van der Waals surface area contributed by atoms with Crippen LogP contribution < -0.4 is 20.1 Å². The van der Waals surface area contributed by atoms with Crippen LogP contribution in [0, 0.1) is 11.3 Å². The number of carbonyl (C=O) groups is 1. The van der Waals surface area contributed by atoms with Gasteiger partial charge in [0.15, 0.2) is 0 Å². The SMILES string of the molecule is COCCOc1cc2nccc(Oc3ccc(NC(=O)Nc4ccccc4)cc3)c2cc1C#N. The largest absolute Gasteiger partial charge is 0.490 e. The Kier molecular flexibility index (Phi) is 7.18. The number of aromatic nitrogens is 1. The zero-order valence-corrected chi connectivity index (χ0v) is 18.4. The summed E-state index contributed by atoms with van der Waals surface area (Å²) >= 11 is 0. The lowest BCUT2D eigenvalue weighted by Gasteiger charge is -2.12.